The van der Waals surface area contributed by atoms with Crippen LogP contribution in [0, 0.1) is 0 Å². The Morgan fingerprint density at radius 3 is 2.67 bits per heavy atom. The smallest absolute Gasteiger partial charge is 0.282 e. The average molecular weight is 305 g/mol. The lowest BCUT2D eigenvalue weighted by Crippen LogP contribution is -3.12. The van der Waals surface area contributed by atoms with Crippen LogP contribution in [0.15, 0.2) is 48.7 Å². The van der Waals surface area contributed by atoms with Crippen LogP contribution in [0.2, 0.25) is 5.15 Å². The lowest BCUT2D eigenvalue weighted by Gasteiger charge is -2.21. The predicted octanol–water partition coefficient (Wildman–Crippen LogP) is 1.78. The quantitative estimate of drug-likeness (QED) is 0.827. The molecule has 0 spiro atoms. The molecule has 0 radical (unpaired) electrons. The molecule has 0 fully saturated rings. The van der Waals surface area contributed by atoms with Crippen molar-refractivity contribution in [2.75, 3.05) is 12.4 Å². The van der Waals surface area contributed by atoms with E-state index in [0.717, 1.165) is 11.4 Å². The highest BCUT2D eigenvalue weighted by Gasteiger charge is 2.22. The number of hydrogen-bond donors (Lipinski definition) is 2. The highest BCUT2D eigenvalue weighted by molar-refractivity contribution is 6.32. The average Bonchev–Trinajstić information content (AvgIpc) is 2.49. The van der Waals surface area contributed by atoms with Gasteiger partial charge in [0.25, 0.3) is 5.91 Å². The van der Waals surface area contributed by atoms with E-state index in [-0.39, 0.29) is 11.9 Å². The maximum absolute atomic E-state index is 12.3. The highest BCUT2D eigenvalue weighted by atomic mass is 35.5. The molecule has 2 N–H and O–H groups in total. The number of carbonyl (C=O) groups is 1. The van der Waals surface area contributed by atoms with Crippen molar-refractivity contribution in [3.8, 4) is 0 Å². The molecule has 5 heteroatoms. The molecule has 1 aromatic heterocycles. The van der Waals surface area contributed by atoms with Crippen LogP contribution >= 0.6 is 11.6 Å². The van der Waals surface area contributed by atoms with Crippen molar-refractivity contribution in [1.29, 1.82) is 0 Å². The maximum Gasteiger partial charge on any atom is 0.282 e. The summed E-state index contributed by atoms with van der Waals surface area (Å²) in [6.07, 6.45) is 1.59. The summed E-state index contributed by atoms with van der Waals surface area (Å²) in [5.74, 6) is -0.0710. The van der Waals surface area contributed by atoms with Crippen molar-refractivity contribution in [3.63, 3.8) is 0 Å². The number of rotatable bonds is 5. The largest absolute Gasteiger partial charge is 0.324 e. The fourth-order valence-electron chi connectivity index (χ4n) is 2.01. The van der Waals surface area contributed by atoms with Crippen molar-refractivity contribution >= 4 is 23.2 Å². The summed E-state index contributed by atoms with van der Waals surface area (Å²) < 4.78 is 0. The minimum atomic E-state index is -0.193. The Labute approximate surface area is 129 Å². The van der Waals surface area contributed by atoms with E-state index in [0.29, 0.717) is 10.8 Å². The first-order valence-electron chi connectivity index (χ1n) is 6.85. The summed E-state index contributed by atoms with van der Waals surface area (Å²) in [5.41, 5.74) is 1.75. The minimum absolute atomic E-state index is 0.0710. The Kier molecular flexibility index (Phi) is 5.31. The van der Waals surface area contributed by atoms with E-state index < -0.39 is 0 Å². The molecule has 110 valence electrons. The molecular formula is C16H19ClN3O+. The van der Waals surface area contributed by atoms with Crippen LogP contribution in [0.3, 0.4) is 0 Å². The Bertz CT molecular complexity index is 603. The molecule has 1 amide bonds. The van der Waals surface area contributed by atoms with Gasteiger partial charge in [-0.3, -0.25) is 4.79 Å². The first-order chi connectivity index (χ1) is 10.1. The molecule has 2 aromatic rings. The van der Waals surface area contributed by atoms with Gasteiger partial charge in [-0.05, 0) is 19.1 Å². The lowest BCUT2D eigenvalue weighted by atomic mass is 10.2. The number of benzene rings is 1. The van der Waals surface area contributed by atoms with Crippen molar-refractivity contribution < 1.29 is 9.69 Å². The topological polar surface area (TPSA) is 46.4 Å². The van der Waals surface area contributed by atoms with Crippen LogP contribution in [-0.2, 0) is 11.3 Å². The van der Waals surface area contributed by atoms with Crippen LogP contribution in [0.1, 0.15) is 12.5 Å². The number of likely N-dealkylation sites (N-methyl/N-ethyl adjacent to an activating group) is 1. The zero-order valence-electron chi connectivity index (χ0n) is 12.1. The van der Waals surface area contributed by atoms with Crippen LogP contribution in [0.4, 0.5) is 5.69 Å². The van der Waals surface area contributed by atoms with Crippen molar-refractivity contribution in [3.05, 3.63) is 59.4 Å². The van der Waals surface area contributed by atoms with E-state index in [9.17, 15) is 4.79 Å². The molecule has 0 aliphatic carbocycles. The van der Waals surface area contributed by atoms with Gasteiger partial charge in [-0.1, -0.05) is 41.9 Å². The normalized spacial score (nSPS) is 13.5. The fraction of sp³-hybridized carbons (Fsp3) is 0.250. The number of amides is 1. The third-order valence-corrected chi connectivity index (χ3v) is 3.78. The molecule has 1 unspecified atom stereocenters. The van der Waals surface area contributed by atoms with Gasteiger partial charge in [0.1, 0.15) is 6.54 Å². The summed E-state index contributed by atoms with van der Waals surface area (Å²) >= 11 is 5.95. The zero-order valence-corrected chi connectivity index (χ0v) is 12.9. The molecular weight excluding hydrogens is 286 g/mol. The van der Waals surface area contributed by atoms with Gasteiger partial charge >= 0.3 is 0 Å². The van der Waals surface area contributed by atoms with Gasteiger partial charge in [0, 0.05) is 11.8 Å². The second-order valence-electron chi connectivity index (χ2n) is 5.06. The van der Waals surface area contributed by atoms with Crippen LogP contribution in [-0.4, -0.2) is 24.0 Å². The van der Waals surface area contributed by atoms with Gasteiger partial charge in [0.15, 0.2) is 11.2 Å². The Morgan fingerprint density at radius 2 is 2.00 bits per heavy atom. The van der Waals surface area contributed by atoms with Gasteiger partial charge in [0.05, 0.1) is 12.7 Å². The Hall–Kier alpha value is -1.91. The number of nitrogens with zero attached hydrogens (tertiary/aromatic N) is 1. The molecule has 0 aliphatic rings. The first kappa shape index (κ1) is 15.5. The maximum atomic E-state index is 12.3. The van der Waals surface area contributed by atoms with Gasteiger partial charge in [0.2, 0.25) is 0 Å². The number of halogens is 1. The van der Waals surface area contributed by atoms with Gasteiger partial charge in [-0.15, -0.1) is 0 Å². The molecule has 2 rings (SSSR count). The standard InChI is InChI=1S/C16H18ClN3O/c1-12(20(2)11-13-7-4-3-5-8-13)16(21)19-14-9-6-10-18-15(14)17/h3-10,12H,11H2,1-2H3,(H,19,21)/p+1/t12-/m0/s1. The molecule has 0 bridgehead atoms. The Morgan fingerprint density at radius 1 is 1.29 bits per heavy atom. The van der Waals surface area contributed by atoms with Crippen molar-refractivity contribution in [2.45, 2.75) is 19.5 Å². The number of nitrogens with one attached hydrogen (secondary N) is 2. The number of hydrogen-bond acceptors (Lipinski definition) is 2. The molecule has 21 heavy (non-hydrogen) atoms. The summed E-state index contributed by atoms with van der Waals surface area (Å²) in [5, 5.41) is 3.13. The zero-order chi connectivity index (χ0) is 15.2. The van der Waals surface area contributed by atoms with E-state index in [1.807, 2.05) is 32.2 Å². The summed E-state index contributed by atoms with van der Waals surface area (Å²) in [4.78, 5) is 17.3. The molecule has 0 saturated heterocycles. The van der Waals surface area contributed by atoms with Gasteiger partial charge in [-0.25, -0.2) is 4.98 Å². The summed E-state index contributed by atoms with van der Waals surface area (Å²) in [7, 11) is 2.00. The molecule has 1 heterocycles. The predicted molar refractivity (Wildman–Crippen MR) is 84.4 cm³/mol. The van der Waals surface area contributed by atoms with Crippen molar-refractivity contribution in [1.82, 2.24) is 4.98 Å². The fourth-order valence-corrected chi connectivity index (χ4v) is 2.18. The molecule has 0 aliphatic heterocycles. The number of anilines is 1. The highest BCUT2D eigenvalue weighted by Crippen LogP contribution is 2.17. The third-order valence-electron chi connectivity index (χ3n) is 3.48. The lowest BCUT2D eigenvalue weighted by molar-refractivity contribution is -0.907. The number of quaternary nitrogens is 1. The SMILES string of the molecule is C[C@@H](C(=O)Nc1cccnc1Cl)[NH+](C)Cc1ccccc1. The van der Waals surface area contributed by atoms with E-state index >= 15 is 0 Å². The molecule has 4 nitrogen and oxygen atoms in total. The number of aromatic nitrogens is 1. The third kappa shape index (κ3) is 4.28. The second kappa shape index (κ2) is 7.20. The first-order valence-corrected chi connectivity index (χ1v) is 7.23. The number of carbonyl (C=O) groups excluding carboxylic acids is 1. The van der Waals surface area contributed by atoms with Gasteiger partial charge < -0.3 is 10.2 Å². The van der Waals surface area contributed by atoms with E-state index in [1.165, 1.54) is 5.56 Å². The second-order valence-corrected chi connectivity index (χ2v) is 5.42. The molecule has 1 aromatic carbocycles. The van der Waals surface area contributed by atoms with Crippen LogP contribution in [0.5, 0.6) is 0 Å². The monoisotopic (exact) mass is 304 g/mol. The van der Waals surface area contributed by atoms with Crippen LogP contribution < -0.4 is 10.2 Å². The van der Waals surface area contributed by atoms with E-state index in [1.54, 1.807) is 18.3 Å². The summed E-state index contributed by atoms with van der Waals surface area (Å²) in [6, 6.07) is 13.4. The molecule has 2 atom stereocenters. The minimum Gasteiger partial charge on any atom is -0.324 e. The van der Waals surface area contributed by atoms with Crippen LogP contribution in [0.25, 0.3) is 0 Å². The van der Waals surface area contributed by atoms with Gasteiger partial charge in [-0.2, -0.15) is 0 Å². The van der Waals surface area contributed by atoms with E-state index in [4.69, 9.17) is 11.6 Å². The summed E-state index contributed by atoms with van der Waals surface area (Å²) in [6.45, 7) is 2.69. The molecule has 0 saturated carbocycles. The Balaban J connectivity index is 1.97. The number of pyridine rings is 1. The van der Waals surface area contributed by atoms with E-state index in [2.05, 4.69) is 22.4 Å². The van der Waals surface area contributed by atoms with Crippen molar-refractivity contribution in [2.24, 2.45) is 0 Å².